The van der Waals surface area contributed by atoms with Crippen molar-refractivity contribution in [2.75, 3.05) is 23.0 Å². The second kappa shape index (κ2) is 9.18. The van der Waals surface area contributed by atoms with Crippen LogP contribution in [-0.2, 0) is 16.0 Å². The fourth-order valence-electron chi connectivity index (χ4n) is 2.42. The Bertz CT molecular complexity index is 1070. The Morgan fingerprint density at radius 2 is 2.03 bits per heavy atom. The van der Waals surface area contributed by atoms with Gasteiger partial charge in [0.25, 0.3) is 5.91 Å². The van der Waals surface area contributed by atoms with E-state index in [9.17, 15) is 14.9 Å². The minimum absolute atomic E-state index is 0.0895. The number of para-hydroxylation sites is 1. The molecule has 1 aromatic carbocycles. The molecule has 0 fully saturated rings. The van der Waals surface area contributed by atoms with E-state index >= 15 is 0 Å². The first-order chi connectivity index (χ1) is 14.0. The first-order valence-corrected chi connectivity index (χ1v) is 10.2. The summed E-state index contributed by atoms with van der Waals surface area (Å²) in [5, 5.41) is 16.0. The topological polar surface area (TPSA) is 130 Å². The Labute approximate surface area is 175 Å². The zero-order valence-corrected chi connectivity index (χ0v) is 17.0. The lowest BCUT2D eigenvalue weighted by Crippen LogP contribution is -2.11. The fourth-order valence-corrected chi connectivity index (χ4v) is 4.20. The van der Waals surface area contributed by atoms with Gasteiger partial charge in [0.05, 0.1) is 18.7 Å². The quantitative estimate of drug-likeness (QED) is 0.489. The van der Waals surface area contributed by atoms with Crippen molar-refractivity contribution in [1.82, 2.24) is 4.98 Å². The van der Waals surface area contributed by atoms with E-state index in [1.165, 1.54) is 17.5 Å². The normalized spacial score (nSPS) is 10.2. The molecule has 2 heterocycles. The van der Waals surface area contributed by atoms with Crippen molar-refractivity contribution in [3.8, 4) is 6.07 Å². The molecule has 148 valence electrons. The third-order valence-electron chi connectivity index (χ3n) is 3.69. The Morgan fingerprint density at radius 3 is 2.72 bits per heavy atom. The van der Waals surface area contributed by atoms with Crippen LogP contribution < -0.4 is 16.4 Å². The van der Waals surface area contributed by atoms with Crippen LogP contribution in [0.4, 0.5) is 21.5 Å². The van der Waals surface area contributed by atoms with E-state index in [0.29, 0.717) is 21.6 Å². The minimum Gasteiger partial charge on any atom is -0.466 e. The van der Waals surface area contributed by atoms with E-state index in [1.807, 2.05) is 36.4 Å². The first-order valence-electron chi connectivity index (χ1n) is 8.58. The van der Waals surface area contributed by atoms with E-state index in [-0.39, 0.29) is 28.5 Å². The van der Waals surface area contributed by atoms with Gasteiger partial charge < -0.3 is 15.8 Å². The van der Waals surface area contributed by atoms with Crippen LogP contribution in [-0.4, -0.2) is 23.5 Å². The molecule has 0 radical (unpaired) electrons. The smallest absolute Gasteiger partial charge is 0.311 e. The summed E-state index contributed by atoms with van der Waals surface area (Å²) < 4.78 is 4.90. The standard InChI is InChI=1S/C19H17N5O3S2/c1-2-27-14(25)8-12-10-22-19(28-12)24-17(26)16-15(21)13(9-20)18(29-16)23-11-6-4-3-5-7-11/h3-7,10,23H,2,8,21H2,1H3,(H,22,24,26). The molecule has 0 bridgehead atoms. The average Bonchev–Trinajstić information content (AvgIpc) is 3.26. The predicted octanol–water partition coefficient (Wildman–Crippen LogP) is 3.76. The highest BCUT2D eigenvalue weighted by Crippen LogP contribution is 2.37. The molecular formula is C19H17N5O3S2. The first kappa shape index (κ1) is 20.3. The van der Waals surface area contributed by atoms with Gasteiger partial charge in [0.15, 0.2) is 5.13 Å². The lowest BCUT2D eigenvalue weighted by Gasteiger charge is -2.03. The van der Waals surface area contributed by atoms with Gasteiger partial charge in [-0.25, -0.2) is 4.98 Å². The number of esters is 1. The summed E-state index contributed by atoms with van der Waals surface area (Å²) in [5.74, 6) is -0.825. The number of ether oxygens (including phenoxy) is 1. The van der Waals surface area contributed by atoms with Gasteiger partial charge in [0.1, 0.15) is 21.5 Å². The van der Waals surface area contributed by atoms with Gasteiger partial charge in [-0.3, -0.25) is 14.9 Å². The van der Waals surface area contributed by atoms with E-state index in [1.54, 1.807) is 6.92 Å². The van der Waals surface area contributed by atoms with Crippen molar-refractivity contribution < 1.29 is 14.3 Å². The number of thiophene rings is 1. The number of anilines is 4. The van der Waals surface area contributed by atoms with Crippen LogP contribution in [0.1, 0.15) is 27.0 Å². The number of aromatic nitrogens is 1. The molecule has 0 aliphatic heterocycles. The van der Waals surface area contributed by atoms with Crippen molar-refractivity contribution in [3.05, 3.63) is 51.8 Å². The summed E-state index contributed by atoms with van der Waals surface area (Å²) in [5.41, 5.74) is 7.14. The van der Waals surface area contributed by atoms with E-state index in [0.717, 1.165) is 17.0 Å². The van der Waals surface area contributed by atoms with Crippen molar-refractivity contribution >= 4 is 56.1 Å². The van der Waals surface area contributed by atoms with Crippen LogP contribution in [0.5, 0.6) is 0 Å². The van der Waals surface area contributed by atoms with Crippen LogP contribution in [0.3, 0.4) is 0 Å². The Hall–Kier alpha value is -3.42. The lowest BCUT2D eigenvalue weighted by molar-refractivity contribution is -0.142. The molecule has 0 saturated carbocycles. The summed E-state index contributed by atoms with van der Waals surface area (Å²) in [6, 6.07) is 11.3. The molecule has 0 saturated heterocycles. The maximum absolute atomic E-state index is 12.7. The lowest BCUT2D eigenvalue weighted by atomic mass is 10.2. The van der Waals surface area contributed by atoms with Crippen molar-refractivity contribution in [1.29, 1.82) is 5.26 Å². The molecule has 3 rings (SSSR count). The van der Waals surface area contributed by atoms with E-state index in [4.69, 9.17) is 10.5 Å². The highest BCUT2D eigenvalue weighted by molar-refractivity contribution is 7.19. The SMILES string of the molecule is CCOC(=O)Cc1cnc(NC(=O)c2sc(Nc3ccccc3)c(C#N)c2N)s1. The van der Waals surface area contributed by atoms with Gasteiger partial charge >= 0.3 is 5.97 Å². The molecule has 29 heavy (non-hydrogen) atoms. The monoisotopic (exact) mass is 427 g/mol. The molecule has 0 aliphatic carbocycles. The van der Waals surface area contributed by atoms with Crippen molar-refractivity contribution in [2.45, 2.75) is 13.3 Å². The van der Waals surface area contributed by atoms with Gasteiger partial charge in [-0.2, -0.15) is 5.26 Å². The van der Waals surface area contributed by atoms with E-state index in [2.05, 4.69) is 15.6 Å². The summed E-state index contributed by atoms with van der Waals surface area (Å²) in [6.45, 7) is 2.04. The van der Waals surface area contributed by atoms with Gasteiger partial charge in [0, 0.05) is 16.8 Å². The van der Waals surface area contributed by atoms with Crippen LogP contribution in [0, 0.1) is 11.3 Å². The largest absolute Gasteiger partial charge is 0.466 e. The molecule has 3 aromatic rings. The van der Waals surface area contributed by atoms with Gasteiger partial charge in [-0.1, -0.05) is 18.2 Å². The Kier molecular flexibility index (Phi) is 6.43. The van der Waals surface area contributed by atoms with Crippen LogP contribution in [0.25, 0.3) is 0 Å². The zero-order chi connectivity index (χ0) is 20.8. The number of nitriles is 1. The molecule has 2 aromatic heterocycles. The molecule has 0 spiro atoms. The highest BCUT2D eigenvalue weighted by atomic mass is 32.1. The number of nitrogens with two attached hydrogens (primary N) is 1. The number of carbonyl (C=O) groups excluding carboxylic acids is 2. The number of nitrogens with zero attached hydrogens (tertiary/aromatic N) is 2. The highest BCUT2D eigenvalue weighted by Gasteiger charge is 2.22. The summed E-state index contributed by atoms with van der Waals surface area (Å²) in [7, 11) is 0. The maximum atomic E-state index is 12.7. The zero-order valence-electron chi connectivity index (χ0n) is 15.4. The number of amides is 1. The van der Waals surface area contributed by atoms with Crippen molar-refractivity contribution in [3.63, 3.8) is 0 Å². The molecule has 8 nitrogen and oxygen atoms in total. The maximum Gasteiger partial charge on any atom is 0.311 e. The average molecular weight is 428 g/mol. The molecule has 10 heteroatoms. The molecule has 0 atom stereocenters. The molecule has 0 aliphatic rings. The van der Waals surface area contributed by atoms with Crippen LogP contribution in [0.15, 0.2) is 36.5 Å². The summed E-state index contributed by atoms with van der Waals surface area (Å²) >= 11 is 2.26. The second-order valence-corrected chi connectivity index (χ2v) is 7.86. The third kappa shape index (κ3) is 4.90. The van der Waals surface area contributed by atoms with Crippen molar-refractivity contribution in [2.24, 2.45) is 0 Å². The predicted molar refractivity (Wildman–Crippen MR) is 114 cm³/mol. The summed E-state index contributed by atoms with van der Waals surface area (Å²) in [6.07, 6.45) is 1.60. The fraction of sp³-hybridized carbons (Fsp3) is 0.158. The molecule has 0 unspecified atom stereocenters. The number of thiazole rings is 1. The van der Waals surface area contributed by atoms with Gasteiger partial charge in [-0.15, -0.1) is 22.7 Å². The van der Waals surface area contributed by atoms with Crippen LogP contribution in [0.2, 0.25) is 0 Å². The number of rotatable bonds is 7. The Morgan fingerprint density at radius 1 is 1.28 bits per heavy atom. The Balaban J connectivity index is 1.75. The third-order valence-corrected chi connectivity index (χ3v) is 5.73. The number of hydrogen-bond donors (Lipinski definition) is 3. The minimum atomic E-state index is -0.470. The van der Waals surface area contributed by atoms with Gasteiger partial charge in [0.2, 0.25) is 0 Å². The number of hydrogen-bond acceptors (Lipinski definition) is 9. The number of nitrogen functional groups attached to an aromatic ring is 1. The summed E-state index contributed by atoms with van der Waals surface area (Å²) in [4.78, 5) is 29.2. The molecule has 4 N–H and O–H groups in total. The molecule has 1 amide bonds. The van der Waals surface area contributed by atoms with Gasteiger partial charge in [-0.05, 0) is 19.1 Å². The second-order valence-electron chi connectivity index (χ2n) is 5.72. The van der Waals surface area contributed by atoms with Crippen LogP contribution >= 0.6 is 22.7 Å². The van der Waals surface area contributed by atoms with E-state index < -0.39 is 5.91 Å². The number of nitrogens with one attached hydrogen (secondary N) is 2. The molecular weight excluding hydrogens is 410 g/mol. The number of benzene rings is 1. The number of carbonyl (C=O) groups is 2.